The summed E-state index contributed by atoms with van der Waals surface area (Å²) in [5.74, 6) is 0.442. The van der Waals surface area contributed by atoms with E-state index in [-0.39, 0.29) is 11.8 Å². The number of ether oxygens (including phenoxy) is 1. The molecule has 2 amide bonds. The Bertz CT molecular complexity index is 815. The van der Waals surface area contributed by atoms with Gasteiger partial charge in [0.15, 0.2) is 6.10 Å². The maximum absolute atomic E-state index is 12.6. The summed E-state index contributed by atoms with van der Waals surface area (Å²) < 4.78 is 5.97. The van der Waals surface area contributed by atoms with E-state index in [2.05, 4.69) is 22.8 Å². The number of amides is 2. The van der Waals surface area contributed by atoms with Crippen LogP contribution in [-0.4, -0.2) is 17.9 Å². The quantitative estimate of drug-likeness (QED) is 0.800. The molecule has 1 aliphatic rings. The molecule has 0 aliphatic heterocycles. The minimum atomic E-state index is -0.554. The van der Waals surface area contributed by atoms with E-state index in [0.29, 0.717) is 17.8 Å². The number of carbonyl (C=O) groups excluding carboxylic acids is 2. The van der Waals surface area contributed by atoms with Crippen LogP contribution >= 0.6 is 0 Å². The van der Waals surface area contributed by atoms with E-state index in [0.717, 1.165) is 18.6 Å². The number of hydrogen-bond donors (Lipinski definition) is 2. The minimum Gasteiger partial charge on any atom is -0.481 e. The summed E-state index contributed by atoms with van der Waals surface area (Å²) in [6.07, 6.45) is 4.68. The van der Waals surface area contributed by atoms with Gasteiger partial charge < -0.3 is 15.4 Å². The first-order valence-electron chi connectivity index (χ1n) is 9.52. The van der Waals surface area contributed by atoms with Gasteiger partial charge in [0.1, 0.15) is 5.75 Å². The van der Waals surface area contributed by atoms with Crippen molar-refractivity contribution in [3.8, 4) is 5.75 Å². The average Bonchev–Trinajstić information content (AvgIpc) is 2.67. The molecule has 0 saturated heterocycles. The third-order valence-corrected chi connectivity index (χ3v) is 4.73. The Morgan fingerprint density at radius 3 is 2.22 bits per heavy atom. The van der Waals surface area contributed by atoms with Crippen molar-refractivity contribution in [3.05, 3.63) is 53.6 Å². The molecule has 2 aromatic rings. The van der Waals surface area contributed by atoms with Gasteiger partial charge in [0.2, 0.25) is 5.91 Å². The van der Waals surface area contributed by atoms with E-state index in [4.69, 9.17) is 4.74 Å². The van der Waals surface area contributed by atoms with Crippen molar-refractivity contribution in [2.24, 2.45) is 0 Å². The topological polar surface area (TPSA) is 67.4 Å². The first-order chi connectivity index (χ1) is 13.0. The molecule has 0 fully saturated rings. The molecule has 0 spiro atoms. The lowest BCUT2D eigenvalue weighted by atomic mass is 9.92. The van der Waals surface area contributed by atoms with E-state index in [1.165, 1.54) is 30.9 Å². The van der Waals surface area contributed by atoms with Crippen LogP contribution in [0, 0.1) is 0 Å². The van der Waals surface area contributed by atoms with Crippen molar-refractivity contribution in [2.75, 3.05) is 10.6 Å². The Kier molecular flexibility index (Phi) is 6.12. The summed E-state index contributed by atoms with van der Waals surface area (Å²) in [6.45, 7) is 3.39. The lowest BCUT2D eigenvalue weighted by molar-refractivity contribution is -0.122. The number of rotatable bonds is 6. The van der Waals surface area contributed by atoms with Gasteiger partial charge in [0.25, 0.3) is 5.91 Å². The smallest absolute Gasteiger partial charge is 0.265 e. The molecule has 5 heteroatoms. The number of hydrogen-bond acceptors (Lipinski definition) is 3. The van der Waals surface area contributed by atoms with Gasteiger partial charge in [0.05, 0.1) is 0 Å². The normalized spacial score (nSPS) is 14.0. The molecule has 0 heterocycles. The second-order valence-corrected chi connectivity index (χ2v) is 6.90. The van der Waals surface area contributed by atoms with Crippen LogP contribution in [-0.2, 0) is 22.4 Å². The van der Waals surface area contributed by atoms with Crippen LogP contribution in [0.25, 0.3) is 0 Å². The molecule has 2 N–H and O–H groups in total. The highest BCUT2D eigenvalue weighted by Gasteiger charge is 2.19. The molecule has 0 bridgehead atoms. The Labute approximate surface area is 160 Å². The van der Waals surface area contributed by atoms with Crippen LogP contribution in [0.15, 0.2) is 42.5 Å². The molecule has 0 radical (unpaired) electrons. The lowest BCUT2D eigenvalue weighted by Gasteiger charge is -2.20. The highest BCUT2D eigenvalue weighted by Crippen LogP contribution is 2.26. The Morgan fingerprint density at radius 2 is 1.59 bits per heavy atom. The summed E-state index contributed by atoms with van der Waals surface area (Å²) in [5, 5.41) is 5.58. The van der Waals surface area contributed by atoms with Crippen LogP contribution in [0.2, 0.25) is 0 Å². The first-order valence-corrected chi connectivity index (χ1v) is 9.52. The summed E-state index contributed by atoms with van der Waals surface area (Å²) >= 11 is 0. The Hall–Kier alpha value is -2.82. The van der Waals surface area contributed by atoms with Gasteiger partial charge in [-0.2, -0.15) is 0 Å². The maximum atomic E-state index is 12.6. The van der Waals surface area contributed by atoms with Crippen molar-refractivity contribution in [1.82, 2.24) is 0 Å². The number of nitrogens with one attached hydrogen (secondary N) is 2. The molecule has 3 rings (SSSR count). The number of anilines is 2. The second kappa shape index (κ2) is 8.71. The molecular formula is C22H26N2O3. The van der Waals surface area contributed by atoms with Crippen molar-refractivity contribution in [2.45, 2.75) is 52.1 Å². The third-order valence-electron chi connectivity index (χ3n) is 4.73. The van der Waals surface area contributed by atoms with Crippen molar-refractivity contribution in [1.29, 1.82) is 0 Å². The predicted molar refractivity (Wildman–Crippen MR) is 107 cm³/mol. The van der Waals surface area contributed by atoms with Gasteiger partial charge in [-0.05, 0) is 79.6 Å². The summed E-state index contributed by atoms with van der Waals surface area (Å²) in [7, 11) is 0. The van der Waals surface area contributed by atoms with Crippen molar-refractivity contribution < 1.29 is 14.3 Å². The fourth-order valence-corrected chi connectivity index (χ4v) is 3.33. The lowest BCUT2D eigenvalue weighted by Crippen LogP contribution is -2.32. The van der Waals surface area contributed by atoms with Gasteiger partial charge in [-0.25, -0.2) is 0 Å². The molecule has 2 aromatic carbocycles. The van der Waals surface area contributed by atoms with Gasteiger partial charge in [-0.1, -0.05) is 13.0 Å². The number of fused-ring (bicyclic) bond motifs is 1. The van der Waals surface area contributed by atoms with Crippen LogP contribution in [0.3, 0.4) is 0 Å². The summed E-state index contributed by atoms with van der Waals surface area (Å²) in [4.78, 5) is 23.7. The van der Waals surface area contributed by atoms with E-state index in [9.17, 15) is 9.59 Å². The molecule has 142 valence electrons. The molecule has 0 unspecified atom stereocenters. The van der Waals surface area contributed by atoms with Gasteiger partial charge in [-0.15, -0.1) is 0 Å². The molecule has 1 aliphatic carbocycles. The number of benzene rings is 2. The Morgan fingerprint density at radius 1 is 0.963 bits per heavy atom. The molecule has 1 atom stereocenters. The fourth-order valence-electron chi connectivity index (χ4n) is 3.33. The highest BCUT2D eigenvalue weighted by atomic mass is 16.5. The van der Waals surface area contributed by atoms with Crippen LogP contribution in [0.5, 0.6) is 5.75 Å². The zero-order valence-electron chi connectivity index (χ0n) is 15.9. The first kappa shape index (κ1) is 19.0. The van der Waals surface area contributed by atoms with Crippen LogP contribution < -0.4 is 15.4 Å². The Balaban J connectivity index is 1.63. The van der Waals surface area contributed by atoms with E-state index >= 15 is 0 Å². The second-order valence-electron chi connectivity index (χ2n) is 6.90. The minimum absolute atomic E-state index is 0.128. The molecule has 0 saturated carbocycles. The SMILES string of the molecule is CC[C@H](Oc1ccc2c(c1)CCCC2)C(=O)Nc1ccc(NC(C)=O)cc1. The summed E-state index contributed by atoms with van der Waals surface area (Å²) in [6, 6.07) is 13.2. The van der Waals surface area contributed by atoms with E-state index < -0.39 is 6.10 Å². The van der Waals surface area contributed by atoms with Crippen LogP contribution in [0.1, 0.15) is 44.2 Å². The van der Waals surface area contributed by atoms with Crippen molar-refractivity contribution in [3.63, 3.8) is 0 Å². The van der Waals surface area contributed by atoms with Gasteiger partial charge in [0, 0.05) is 18.3 Å². The van der Waals surface area contributed by atoms with E-state index in [1.54, 1.807) is 24.3 Å². The van der Waals surface area contributed by atoms with E-state index in [1.807, 2.05) is 13.0 Å². The van der Waals surface area contributed by atoms with Gasteiger partial charge >= 0.3 is 0 Å². The average molecular weight is 366 g/mol. The third kappa shape index (κ3) is 5.09. The molecular weight excluding hydrogens is 340 g/mol. The molecule has 5 nitrogen and oxygen atoms in total. The van der Waals surface area contributed by atoms with Crippen LogP contribution in [0.4, 0.5) is 11.4 Å². The predicted octanol–water partition coefficient (Wildman–Crippen LogP) is 4.32. The van der Waals surface area contributed by atoms with Crippen molar-refractivity contribution >= 4 is 23.2 Å². The summed E-state index contributed by atoms with van der Waals surface area (Å²) in [5.41, 5.74) is 4.09. The highest BCUT2D eigenvalue weighted by molar-refractivity contribution is 5.95. The fraction of sp³-hybridized carbons (Fsp3) is 0.364. The maximum Gasteiger partial charge on any atom is 0.265 e. The number of aryl methyl sites for hydroxylation is 2. The molecule has 27 heavy (non-hydrogen) atoms. The molecule has 0 aromatic heterocycles. The zero-order valence-corrected chi connectivity index (χ0v) is 15.9. The van der Waals surface area contributed by atoms with Gasteiger partial charge in [-0.3, -0.25) is 9.59 Å². The standard InChI is InChI=1S/C22H26N2O3/c1-3-21(27-20-13-8-16-6-4-5-7-17(16)14-20)22(26)24-19-11-9-18(10-12-19)23-15(2)25/h8-14,21H,3-7H2,1-2H3,(H,23,25)(H,24,26)/t21-/m0/s1. The zero-order chi connectivity index (χ0) is 19.2. The monoisotopic (exact) mass is 366 g/mol. The largest absolute Gasteiger partial charge is 0.481 e. The number of carbonyl (C=O) groups is 2.